The summed E-state index contributed by atoms with van der Waals surface area (Å²) in [6, 6.07) is 13.1. The Labute approximate surface area is 172 Å². The summed E-state index contributed by atoms with van der Waals surface area (Å²) in [4.78, 5) is 14.8. The summed E-state index contributed by atoms with van der Waals surface area (Å²) >= 11 is 0. The van der Waals surface area contributed by atoms with Gasteiger partial charge in [-0.3, -0.25) is 4.79 Å². The number of aryl methyl sites for hydroxylation is 1. The zero-order valence-electron chi connectivity index (χ0n) is 16.7. The Morgan fingerprint density at radius 1 is 1.10 bits per heavy atom. The molecule has 1 aliphatic rings. The Morgan fingerprint density at radius 2 is 1.83 bits per heavy atom. The fourth-order valence-corrected chi connectivity index (χ4v) is 4.11. The van der Waals surface area contributed by atoms with E-state index in [0.29, 0.717) is 31.9 Å². The number of para-hydroxylation sites is 1. The minimum absolute atomic E-state index is 0.0753. The molecule has 0 N–H and O–H groups in total. The number of nitrogens with zero attached hydrogens (tertiary/aromatic N) is 2. The Hall–Kier alpha value is -2.80. The number of morpholine rings is 1. The maximum Gasteiger partial charge on any atom is 0.416 e. The van der Waals surface area contributed by atoms with Gasteiger partial charge in [-0.25, -0.2) is 0 Å². The zero-order chi connectivity index (χ0) is 21.3. The van der Waals surface area contributed by atoms with Crippen molar-refractivity contribution in [3.05, 3.63) is 71.4 Å². The van der Waals surface area contributed by atoms with Crippen LogP contribution in [0.15, 0.2) is 54.7 Å². The highest BCUT2D eigenvalue weighted by Gasteiger charge is 2.32. The van der Waals surface area contributed by atoms with Crippen molar-refractivity contribution in [1.29, 1.82) is 0 Å². The van der Waals surface area contributed by atoms with E-state index in [2.05, 4.69) is 0 Å². The van der Waals surface area contributed by atoms with Crippen molar-refractivity contribution >= 4 is 16.8 Å². The van der Waals surface area contributed by atoms with E-state index in [1.165, 1.54) is 12.1 Å². The van der Waals surface area contributed by atoms with E-state index in [4.69, 9.17) is 4.74 Å². The van der Waals surface area contributed by atoms with Gasteiger partial charge in [0, 0.05) is 49.6 Å². The number of benzene rings is 2. The number of carbonyl (C=O) groups excluding carboxylic acids is 1. The predicted molar refractivity (Wildman–Crippen MR) is 108 cm³/mol. The number of rotatable bonds is 4. The van der Waals surface area contributed by atoms with Crippen LogP contribution in [-0.4, -0.2) is 41.7 Å². The number of aromatic nitrogens is 1. The third kappa shape index (κ3) is 4.07. The molecule has 4 rings (SSSR count). The third-order valence-electron chi connectivity index (χ3n) is 5.66. The van der Waals surface area contributed by atoms with Gasteiger partial charge in [-0.1, -0.05) is 36.4 Å². The second-order valence-electron chi connectivity index (χ2n) is 7.59. The molecular formula is C23H23F3N2O2. The molecule has 7 heteroatoms. The Morgan fingerprint density at radius 3 is 2.57 bits per heavy atom. The summed E-state index contributed by atoms with van der Waals surface area (Å²) in [6.45, 7) is 1.97. The van der Waals surface area contributed by atoms with E-state index in [1.807, 2.05) is 42.1 Å². The van der Waals surface area contributed by atoms with Crippen LogP contribution in [0.2, 0.25) is 0 Å². The molecule has 0 unspecified atom stereocenters. The number of alkyl halides is 3. The van der Waals surface area contributed by atoms with Gasteiger partial charge in [-0.2, -0.15) is 13.2 Å². The SMILES string of the molecule is Cn1cc([C@@H](CC(=O)N2CCOCC2)c2cccc(C(F)(F)F)c2)c2ccccc21. The van der Waals surface area contributed by atoms with Crippen LogP contribution in [0.1, 0.15) is 29.0 Å². The molecule has 30 heavy (non-hydrogen) atoms. The van der Waals surface area contributed by atoms with Gasteiger partial charge >= 0.3 is 6.18 Å². The van der Waals surface area contributed by atoms with Crippen LogP contribution in [0.25, 0.3) is 10.9 Å². The van der Waals surface area contributed by atoms with Crippen molar-refractivity contribution in [3.8, 4) is 0 Å². The molecular weight excluding hydrogens is 393 g/mol. The summed E-state index contributed by atoms with van der Waals surface area (Å²) in [5, 5.41) is 0.942. The number of fused-ring (bicyclic) bond motifs is 1. The molecule has 3 aromatic rings. The van der Waals surface area contributed by atoms with Crippen LogP contribution < -0.4 is 0 Å². The minimum Gasteiger partial charge on any atom is -0.378 e. The molecule has 0 saturated carbocycles. The van der Waals surface area contributed by atoms with Gasteiger partial charge in [0.05, 0.1) is 18.8 Å². The molecule has 0 aliphatic carbocycles. The van der Waals surface area contributed by atoms with Gasteiger partial charge in [0.1, 0.15) is 0 Å². The van der Waals surface area contributed by atoms with Crippen molar-refractivity contribution in [1.82, 2.24) is 9.47 Å². The number of halogens is 3. The molecule has 158 valence electrons. The Balaban J connectivity index is 1.78. The van der Waals surface area contributed by atoms with E-state index in [0.717, 1.165) is 22.5 Å². The van der Waals surface area contributed by atoms with E-state index < -0.39 is 17.7 Å². The van der Waals surface area contributed by atoms with Crippen LogP contribution in [0.3, 0.4) is 0 Å². The topological polar surface area (TPSA) is 34.5 Å². The molecule has 2 aromatic carbocycles. The zero-order valence-corrected chi connectivity index (χ0v) is 16.7. The molecule has 0 bridgehead atoms. The maximum atomic E-state index is 13.4. The fraction of sp³-hybridized carbons (Fsp3) is 0.348. The molecule has 1 amide bonds. The van der Waals surface area contributed by atoms with Gasteiger partial charge in [-0.15, -0.1) is 0 Å². The first-order valence-electron chi connectivity index (χ1n) is 9.91. The predicted octanol–water partition coefficient (Wildman–Crippen LogP) is 4.58. The second-order valence-corrected chi connectivity index (χ2v) is 7.59. The summed E-state index contributed by atoms with van der Waals surface area (Å²) in [7, 11) is 1.90. The standard InChI is InChI=1S/C23H23F3N2O2/c1-27-15-20(18-7-2-3-8-21(18)27)19(14-22(29)28-9-11-30-12-10-28)16-5-4-6-17(13-16)23(24,25)26/h2-8,13,15,19H,9-12,14H2,1H3/t19-/m0/s1. The number of carbonyl (C=O) groups is 1. The summed E-state index contributed by atoms with van der Waals surface area (Å²) in [5.74, 6) is -0.553. The molecule has 1 fully saturated rings. The quantitative estimate of drug-likeness (QED) is 0.624. The van der Waals surface area contributed by atoms with Crippen molar-refractivity contribution in [2.75, 3.05) is 26.3 Å². The van der Waals surface area contributed by atoms with Crippen molar-refractivity contribution in [3.63, 3.8) is 0 Å². The average molecular weight is 416 g/mol. The lowest BCUT2D eigenvalue weighted by Gasteiger charge is -2.29. The van der Waals surface area contributed by atoms with Gasteiger partial charge < -0.3 is 14.2 Å². The molecule has 0 spiro atoms. The first-order valence-corrected chi connectivity index (χ1v) is 9.91. The van der Waals surface area contributed by atoms with Crippen molar-refractivity contribution in [2.45, 2.75) is 18.5 Å². The van der Waals surface area contributed by atoms with Crippen LogP contribution in [-0.2, 0) is 22.8 Å². The van der Waals surface area contributed by atoms with Crippen molar-refractivity contribution < 1.29 is 22.7 Å². The first-order chi connectivity index (χ1) is 14.3. The second kappa shape index (κ2) is 8.14. The van der Waals surface area contributed by atoms with Crippen LogP contribution in [0.4, 0.5) is 13.2 Å². The fourth-order valence-electron chi connectivity index (χ4n) is 4.11. The van der Waals surface area contributed by atoms with E-state index >= 15 is 0 Å². The lowest BCUT2D eigenvalue weighted by Crippen LogP contribution is -2.41. The van der Waals surface area contributed by atoms with Gasteiger partial charge in [-0.05, 0) is 23.3 Å². The monoisotopic (exact) mass is 416 g/mol. The molecule has 2 heterocycles. The molecule has 4 nitrogen and oxygen atoms in total. The number of ether oxygens (including phenoxy) is 1. The van der Waals surface area contributed by atoms with Crippen molar-refractivity contribution in [2.24, 2.45) is 7.05 Å². The summed E-state index contributed by atoms with van der Waals surface area (Å²) in [6.07, 6.45) is -2.41. The highest BCUT2D eigenvalue weighted by Crippen LogP contribution is 2.37. The average Bonchev–Trinajstić information content (AvgIpc) is 3.08. The molecule has 0 radical (unpaired) electrons. The van der Waals surface area contributed by atoms with Crippen LogP contribution in [0.5, 0.6) is 0 Å². The highest BCUT2D eigenvalue weighted by atomic mass is 19.4. The van der Waals surface area contributed by atoms with E-state index in [1.54, 1.807) is 11.0 Å². The summed E-state index contributed by atoms with van der Waals surface area (Å²) < 4.78 is 47.3. The Bertz CT molecular complexity index is 1050. The molecule has 1 aromatic heterocycles. The largest absolute Gasteiger partial charge is 0.416 e. The molecule has 1 atom stereocenters. The minimum atomic E-state index is -4.44. The van der Waals surface area contributed by atoms with Gasteiger partial charge in [0.2, 0.25) is 5.91 Å². The number of hydrogen-bond acceptors (Lipinski definition) is 2. The normalized spacial score (nSPS) is 16.1. The number of hydrogen-bond donors (Lipinski definition) is 0. The summed E-state index contributed by atoms with van der Waals surface area (Å²) in [5.41, 5.74) is 1.61. The lowest BCUT2D eigenvalue weighted by atomic mass is 9.87. The highest BCUT2D eigenvalue weighted by molar-refractivity contribution is 5.86. The Kier molecular flexibility index (Phi) is 5.56. The van der Waals surface area contributed by atoms with Gasteiger partial charge in [0.15, 0.2) is 0 Å². The van der Waals surface area contributed by atoms with Crippen LogP contribution >= 0.6 is 0 Å². The smallest absolute Gasteiger partial charge is 0.378 e. The maximum absolute atomic E-state index is 13.4. The van der Waals surface area contributed by atoms with Gasteiger partial charge in [0.25, 0.3) is 0 Å². The van der Waals surface area contributed by atoms with E-state index in [-0.39, 0.29) is 12.3 Å². The third-order valence-corrected chi connectivity index (χ3v) is 5.66. The number of amides is 1. The first kappa shape index (κ1) is 20.5. The molecule has 1 saturated heterocycles. The lowest BCUT2D eigenvalue weighted by molar-refractivity contribution is -0.137. The van der Waals surface area contributed by atoms with Crippen LogP contribution in [0, 0.1) is 0 Å². The molecule has 1 aliphatic heterocycles. The van der Waals surface area contributed by atoms with E-state index in [9.17, 15) is 18.0 Å².